The fraction of sp³-hybridized carbons (Fsp3) is 0.562. The van der Waals surface area contributed by atoms with E-state index >= 15 is 0 Å². The molecular formula is C16H26N2O. The molecule has 0 bridgehead atoms. The largest absolute Gasteiger partial charge is 0.348 e. The average Bonchev–Trinajstić information content (AvgIpc) is 2.33. The van der Waals surface area contributed by atoms with Crippen molar-refractivity contribution in [3.8, 4) is 0 Å². The van der Waals surface area contributed by atoms with Crippen molar-refractivity contribution < 1.29 is 4.79 Å². The number of aryl methyl sites for hydroxylation is 1. The van der Waals surface area contributed by atoms with Crippen LogP contribution in [0.25, 0.3) is 0 Å². The molecule has 0 aliphatic rings. The van der Waals surface area contributed by atoms with Crippen molar-refractivity contribution in [2.75, 3.05) is 6.54 Å². The lowest BCUT2D eigenvalue weighted by Gasteiger charge is -2.33. The standard InChI is InChI=1S/C16H26N2O/c1-11-7-6-8-13(9-11)14(16(3,4)5)18-15(19)12(2)10-17/h6-9,12,14H,10,17H2,1-5H3,(H,18,19). The van der Waals surface area contributed by atoms with Crippen molar-refractivity contribution in [1.82, 2.24) is 5.32 Å². The Balaban J connectivity index is 3.00. The van der Waals surface area contributed by atoms with Crippen LogP contribution in [0, 0.1) is 18.3 Å². The maximum absolute atomic E-state index is 12.1. The molecule has 3 N–H and O–H groups in total. The summed E-state index contributed by atoms with van der Waals surface area (Å²) in [4.78, 5) is 12.1. The van der Waals surface area contributed by atoms with Gasteiger partial charge in [0.2, 0.25) is 5.91 Å². The van der Waals surface area contributed by atoms with Gasteiger partial charge in [0.15, 0.2) is 0 Å². The summed E-state index contributed by atoms with van der Waals surface area (Å²) >= 11 is 0. The van der Waals surface area contributed by atoms with Crippen molar-refractivity contribution >= 4 is 5.91 Å². The molecule has 0 saturated carbocycles. The van der Waals surface area contributed by atoms with Gasteiger partial charge >= 0.3 is 0 Å². The molecule has 106 valence electrons. The van der Waals surface area contributed by atoms with Gasteiger partial charge in [0.25, 0.3) is 0 Å². The Morgan fingerprint density at radius 1 is 1.37 bits per heavy atom. The summed E-state index contributed by atoms with van der Waals surface area (Å²) in [5.74, 6) is -0.140. The topological polar surface area (TPSA) is 55.1 Å². The van der Waals surface area contributed by atoms with E-state index in [-0.39, 0.29) is 23.3 Å². The molecule has 1 rings (SSSR count). The van der Waals surface area contributed by atoms with Gasteiger partial charge < -0.3 is 11.1 Å². The predicted octanol–water partition coefficient (Wildman–Crippen LogP) is 2.79. The van der Waals surface area contributed by atoms with E-state index in [1.54, 1.807) is 0 Å². The highest BCUT2D eigenvalue weighted by molar-refractivity contribution is 5.79. The summed E-state index contributed by atoms with van der Waals surface area (Å²) < 4.78 is 0. The summed E-state index contributed by atoms with van der Waals surface area (Å²) in [6.07, 6.45) is 0. The van der Waals surface area contributed by atoms with E-state index < -0.39 is 0 Å². The maximum atomic E-state index is 12.1. The monoisotopic (exact) mass is 262 g/mol. The zero-order chi connectivity index (χ0) is 14.6. The molecule has 0 radical (unpaired) electrons. The van der Waals surface area contributed by atoms with Gasteiger partial charge in [-0.05, 0) is 17.9 Å². The van der Waals surface area contributed by atoms with E-state index in [1.807, 2.05) is 13.0 Å². The second-order valence-corrected chi connectivity index (χ2v) is 6.36. The molecular weight excluding hydrogens is 236 g/mol. The number of carbonyl (C=O) groups excluding carboxylic acids is 1. The van der Waals surface area contributed by atoms with E-state index in [1.165, 1.54) is 5.56 Å². The Kier molecular flexibility index (Phi) is 5.12. The molecule has 0 heterocycles. The van der Waals surface area contributed by atoms with Crippen LogP contribution in [0.3, 0.4) is 0 Å². The quantitative estimate of drug-likeness (QED) is 0.876. The minimum Gasteiger partial charge on any atom is -0.348 e. The van der Waals surface area contributed by atoms with Crippen molar-refractivity contribution in [2.45, 2.75) is 40.7 Å². The number of nitrogens with two attached hydrogens (primary N) is 1. The SMILES string of the molecule is Cc1cccc(C(NC(=O)C(C)CN)C(C)(C)C)c1. The first-order valence-corrected chi connectivity index (χ1v) is 6.82. The summed E-state index contributed by atoms with van der Waals surface area (Å²) in [6.45, 7) is 10.7. The second-order valence-electron chi connectivity index (χ2n) is 6.36. The first kappa shape index (κ1) is 15.7. The Morgan fingerprint density at radius 3 is 2.47 bits per heavy atom. The van der Waals surface area contributed by atoms with Crippen LogP contribution in [0.2, 0.25) is 0 Å². The lowest BCUT2D eigenvalue weighted by molar-refractivity contribution is -0.125. The fourth-order valence-corrected chi connectivity index (χ4v) is 2.04. The molecule has 3 nitrogen and oxygen atoms in total. The van der Waals surface area contributed by atoms with Gasteiger partial charge in [-0.3, -0.25) is 4.79 Å². The van der Waals surface area contributed by atoms with Crippen LogP contribution in [0.5, 0.6) is 0 Å². The van der Waals surface area contributed by atoms with Gasteiger partial charge in [0.05, 0.1) is 6.04 Å². The number of amides is 1. The molecule has 2 atom stereocenters. The number of rotatable bonds is 4. The predicted molar refractivity (Wildman–Crippen MR) is 79.7 cm³/mol. The smallest absolute Gasteiger partial charge is 0.224 e. The number of hydrogen-bond acceptors (Lipinski definition) is 2. The zero-order valence-corrected chi connectivity index (χ0v) is 12.7. The maximum Gasteiger partial charge on any atom is 0.224 e. The number of nitrogens with one attached hydrogen (secondary N) is 1. The van der Waals surface area contributed by atoms with E-state index in [9.17, 15) is 4.79 Å². The normalized spacial score (nSPS) is 14.8. The second kappa shape index (κ2) is 6.20. The van der Waals surface area contributed by atoms with Crippen molar-refractivity contribution in [2.24, 2.45) is 17.1 Å². The molecule has 19 heavy (non-hydrogen) atoms. The molecule has 0 fully saturated rings. The Labute approximate surface area is 116 Å². The number of carbonyl (C=O) groups is 1. The lowest BCUT2D eigenvalue weighted by atomic mass is 9.81. The van der Waals surface area contributed by atoms with Gasteiger partial charge in [-0.2, -0.15) is 0 Å². The highest BCUT2D eigenvalue weighted by atomic mass is 16.1. The van der Waals surface area contributed by atoms with E-state index in [0.717, 1.165) is 5.56 Å². The minimum atomic E-state index is -0.158. The van der Waals surface area contributed by atoms with Gasteiger partial charge in [-0.25, -0.2) is 0 Å². The molecule has 3 heteroatoms. The number of hydrogen-bond donors (Lipinski definition) is 2. The Morgan fingerprint density at radius 2 is 2.00 bits per heavy atom. The van der Waals surface area contributed by atoms with Gasteiger partial charge in [0, 0.05) is 12.5 Å². The molecule has 1 aromatic carbocycles. The molecule has 0 aliphatic heterocycles. The van der Waals surface area contributed by atoms with Crippen LogP contribution in [-0.4, -0.2) is 12.5 Å². The van der Waals surface area contributed by atoms with Crippen molar-refractivity contribution in [1.29, 1.82) is 0 Å². The van der Waals surface area contributed by atoms with Gasteiger partial charge in [-0.1, -0.05) is 57.5 Å². The minimum absolute atomic E-state index is 0.00565. The fourth-order valence-electron chi connectivity index (χ4n) is 2.04. The Hall–Kier alpha value is -1.35. The van der Waals surface area contributed by atoms with E-state index in [2.05, 4.69) is 51.2 Å². The molecule has 0 spiro atoms. The van der Waals surface area contributed by atoms with Crippen molar-refractivity contribution in [3.63, 3.8) is 0 Å². The van der Waals surface area contributed by atoms with Crippen LogP contribution in [0.1, 0.15) is 44.9 Å². The summed E-state index contributed by atoms with van der Waals surface area (Å²) in [5, 5.41) is 3.13. The average molecular weight is 262 g/mol. The molecule has 1 amide bonds. The van der Waals surface area contributed by atoms with Crippen LogP contribution in [0.4, 0.5) is 0 Å². The van der Waals surface area contributed by atoms with Gasteiger partial charge in [0.1, 0.15) is 0 Å². The van der Waals surface area contributed by atoms with Crippen molar-refractivity contribution in [3.05, 3.63) is 35.4 Å². The number of benzene rings is 1. The zero-order valence-electron chi connectivity index (χ0n) is 12.7. The molecule has 1 aromatic rings. The molecule has 0 aliphatic carbocycles. The van der Waals surface area contributed by atoms with Crippen LogP contribution in [0.15, 0.2) is 24.3 Å². The molecule has 0 saturated heterocycles. The van der Waals surface area contributed by atoms with E-state index in [0.29, 0.717) is 6.54 Å². The summed E-state index contributed by atoms with van der Waals surface area (Å²) in [7, 11) is 0. The lowest BCUT2D eigenvalue weighted by Crippen LogP contribution is -2.41. The third-order valence-corrected chi connectivity index (χ3v) is 3.33. The Bertz CT molecular complexity index is 435. The summed E-state index contributed by atoms with van der Waals surface area (Å²) in [5.41, 5.74) is 7.86. The van der Waals surface area contributed by atoms with Crippen LogP contribution < -0.4 is 11.1 Å². The molecule has 0 aromatic heterocycles. The first-order valence-electron chi connectivity index (χ1n) is 6.82. The first-order chi connectivity index (χ1) is 8.75. The summed E-state index contributed by atoms with van der Waals surface area (Å²) in [6, 6.07) is 8.28. The third-order valence-electron chi connectivity index (χ3n) is 3.33. The van der Waals surface area contributed by atoms with Crippen LogP contribution >= 0.6 is 0 Å². The highest BCUT2D eigenvalue weighted by Crippen LogP contribution is 2.33. The third kappa shape index (κ3) is 4.35. The van der Waals surface area contributed by atoms with Crippen LogP contribution in [-0.2, 0) is 4.79 Å². The highest BCUT2D eigenvalue weighted by Gasteiger charge is 2.28. The molecule has 2 unspecified atom stereocenters. The van der Waals surface area contributed by atoms with E-state index in [4.69, 9.17) is 5.73 Å². The van der Waals surface area contributed by atoms with Gasteiger partial charge in [-0.15, -0.1) is 0 Å².